The van der Waals surface area contributed by atoms with Crippen molar-refractivity contribution in [2.45, 2.75) is 25.0 Å². The standard InChI is InChI=1S/C14H15F7N2O.2ClH/c15-11-2-1-9(24-14(19,20)21)7-10(11)12(8-13(16,17)18)23-5-3-22-4-6-23;;/h1-2,7,12,22H,3-6,8H2;2*1H/t12-;;/m1../s1. The van der Waals surface area contributed by atoms with Gasteiger partial charge in [0.2, 0.25) is 0 Å². The van der Waals surface area contributed by atoms with Crippen molar-refractivity contribution in [1.82, 2.24) is 10.2 Å². The quantitative estimate of drug-likeness (QED) is 0.710. The third-order valence-electron chi connectivity index (χ3n) is 3.58. The summed E-state index contributed by atoms with van der Waals surface area (Å²) in [6.45, 7) is 1.28. The molecular formula is C14H17Cl2F7N2O. The molecule has 0 radical (unpaired) electrons. The van der Waals surface area contributed by atoms with Crippen molar-refractivity contribution in [3.05, 3.63) is 29.6 Å². The largest absolute Gasteiger partial charge is 0.573 e. The maximum absolute atomic E-state index is 14.0. The first-order chi connectivity index (χ1) is 11.1. The van der Waals surface area contributed by atoms with Gasteiger partial charge in [0.25, 0.3) is 0 Å². The lowest BCUT2D eigenvalue weighted by atomic mass is 10.00. The van der Waals surface area contributed by atoms with E-state index in [0.717, 1.165) is 6.07 Å². The van der Waals surface area contributed by atoms with Gasteiger partial charge in [-0.2, -0.15) is 13.2 Å². The third kappa shape index (κ3) is 7.73. The Kier molecular flexibility index (Phi) is 9.45. The second-order valence-corrected chi connectivity index (χ2v) is 5.35. The number of halogens is 9. The Labute approximate surface area is 157 Å². The Hall–Kier alpha value is -0.970. The van der Waals surface area contributed by atoms with Crippen LogP contribution in [0.4, 0.5) is 30.7 Å². The van der Waals surface area contributed by atoms with Crippen LogP contribution in [0.3, 0.4) is 0 Å². The van der Waals surface area contributed by atoms with E-state index in [2.05, 4.69) is 10.1 Å². The average molecular weight is 433 g/mol. The summed E-state index contributed by atoms with van der Waals surface area (Å²) in [6, 6.07) is 0.682. The Morgan fingerprint density at radius 2 is 1.62 bits per heavy atom. The first-order valence-electron chi connectivity index (χ1n) is 7.12. The van der Waals surface area contributed by atoms with Crippen molar-refractivity contribution < 1.29 is 35.5 Å². The van der Waals surface area contributed by atoms with Gasteiger partial charge in [-0.25, -0.2) is 4.39 Å². The number of benzene rings is 1. The number of nitrogens with zero attached hydrogens (tertiary/aromatic N) is 1. The molecule has 3 nitrogen and oxygen atoms in total. The fraction of sp³-hybridized carbons (Fsp3) is 0.571. The molecule has 1 aromatic rings. The van der Waals surface area contributed by atoms with Gasteiger partial charge in [-0.15, -0.1) is 38.0 Å². The summed E-state index contributed by atoms with van der Waals surface area (Å²) in [5.41, 5.74) is -0.462. The Balaban J connectivity index is 0.00000312. The molecule has 2 rings (SSSR count). The van der Waals surface area contributed by atoms with Crippen molar-refractivity contribution in [3.63, 3.8) is 0 Å². The molecule has 12 heteroatoms. The molecule has 1 saturated heterocycles. The predicted molar refractivity (Wildman–Crippen MR) is 85.4 cm³/mol. The van der Waals surface area contributed by atoms with Crippen molar-refractivity contribution in [2.24, 2.45) is 0 Å². The number of hydrogen-bond acceptors (Lipinski definition) is 3. The number of hydrogen-bond donors (Lipinski definition) is 1. The highest BCUT2D eigenvalue weighted by molar-refractivity contribution is 5.85. The highest BCUT2D eigenvalue weighted by atomic mass is 35.5. The van der Waals surface area contributed by atoms with Gasteiger partial charge in [0.05, 0.1) is 6.42 Å². The molecule has 0 amide bonds. The van der Waals surface area contributed by atoms with Gasteiger partial charge < -0.3 is 10.1 Å². The summed E-state index contributed by atoms with van der Waals surface area (Å²) < 4.78 is 93.2. The molecule has 1 heterocycles. The van der Waals surface area contributed by atoms with Gasteiger partial charge in [0.1, 0.15) is 11.6 Å². The molecule has 152 valence electrons. The lowest BCUT2D eigenvalue weighted by molar-refractivity contribution is -0.274. The molecular weight excluding hydrogens is 416 g/mol. The van der Waals surface area contributed by atoms with Crippen molar-refractivity contribution in [3.8, 4) is 5.75 Å². The number of alkyl halides is 6. The van der Waals surface area contributed by atoms with Gasteiger partial charge >= 0.3 is 12.5 Å². The normalized spacial score (nSPS) is 17.0. The van der Waals surface area contributed by atoms with Crippen LogP contribution in [0.5, 0.6) is 5.75 Å². The zero-order valence-corrected chi connectivity index (χ0v) is 14.8. The molecule has 0 unspecified atom stereocenters. The Morgan fingerprint density at radius 3 is 2.12 bits per heavy atom. The lowest BCUT2D eigenvalue weighted by Gasteiger charge is -2.35. The minimum absolute atomic E-state index is 0. The molecule has 0 saturated carbocycles. The van der Waals surface area contributed by atoms with Crippen LogP contribution >= 0.6 is 24.8 Å². The molecule has 1 fully saturated rings. The summed E-state index contributed by atoms with van der Waals surface area (Å²) in [4.78, 5) is 1.40. The van der Waals surface area contributed by atoms with Crippen LogP contribution in [0.2, 0.25) is 0 Å². The van der Waals surface area contributed by atoms with Gasteiger partial charge in [-0.1, -0.05) is 0 Å². The Bertz CT molecular complexity index is 563. The van der Waals surface area contributed by atoms with E-state index in [9.17, 15) is 30.7 Å². The first kappa shape index (κ1) is 25.0. The predicted octanol–water partition coefficient (Wildman–Crippen LogP) is 4.47. The van der Waals surface area contributed by atoms with Crippen LogP contribution in [0, 0.1) is 5.82 Å². The van der Waals surface area contributed by atoms with E-state index in [1.165, 1.54) is 4.90 Å². The zero-order chi connectivity index (χ0) is 18.0. The van der Waals surface area contributed by atoms with Crippen molar-refractivity contribution >= 4 is 24.8 Å². The summed E-state index contributed by atoms with van der Waals surface area (Å²) in [6.07, 6.45) is -11.0. The molecule has 1 aliphatic rings. The van der Waals surface area contributed by atoms with Crippen molar-refractivity contribution in [2.75, 3.05) is 26.2 Å². The molecule has 0 aromatic heterocycles. The van der Waals surface area contributed by atoms with Crippen LogP contribution in [0.15, 0.2) is 18.2 Å². The SMILES string of the molecule is Cl.Cl.Fc1ccc(OC(F)(F)F)cc1[C@@H](CC(F)(F)F)N1CCNCC1. The van der Waals surface area contributed by atoms with Crippen LogP contribution in [0.1, 0.15) is 18.0 Å². The fourth-order valence-corrected chi connectivity index (χ4v) is 2.62. The maximum atomic E-state index is 14.0. The van der Waals surface area contributed by atoms with Crippen molar-refractivity contribution in [1.29, 1.82) is 0 Å². The van der Waals surface area contributed by atoms with E-state index in [1.807, 2.05) is 0 Å². The molecule has 0 bridgehead atoms. The number of piperazine rings is 1. The minimum atomic E-state index is -5.01. The highest BCUT2D eigenvalue weighted by Crippen LogP contribution is 2.37. The monoisotopic (exact) mass is 432 g/mol. The van der Waals surface area contributed by atoms with Gasteiger partial charge in [0.15, 0.2) is 0 Å². The minimum Gasteiger partial charge on any atom is -0.406 e. The first-order valence-corrected chi connectivity index (χ1v) is 7.12. The third-order valence-corrected chi connectivity index (χ3v) is 3.58. The van der Waals surface area contributed by atoms with Gasteiger partial charge in [0, 0.05) is 37.8 Å². The summed E-state index contributed by atoms with van der Waals surface area (Å²) >= 11 is 0. The van der Waals surface area contributed by atoms with Crippen LogP contribution in [-0.4, -0.2) is 43.6 Å². The summed E-state index contributed by atoms with van der Waals surface area (Å²) in [7, 11) is 0. The van der Waals surface area contributed by atoms with E-state index in [4.69, 9.17) is 0 Å². The van der Waals surface area contributed by atoms with E-state index in [0.29, 0.717) is 25.2 Å². The van der Waals surface area contributed by atoms with Crippen LogP contribution in [0.25, 0.3) is 0 Å². The maximum Gasteiger partial charge on any atom is 0.573 e. The summed E-state index contributed by atoms with van der Waals surface area (Å²) in [5.74, 6) is -1.75. The molecule has 1 atom stereocenters. The van der Waals surface area contributed by atoms with E-state index in [-0.39, 0.29) is 37.9 Å². The molecule has 0 spiro atoms. The lowest BCUT2D eigenvalue weighted by Crippen LogP contribution is -2.46. The second-order valence-electron chi connectivity index (χ2n) is 5.35. The fourth-order valence-electron chi connectivity index (χ4n) is 2.62. The van der Waals surface area contributed by atoms with E-state index < -0.39 is 42.1 Å². The molecule has 1 aromatic carbocycles. The Morgan fingerprint density at radius 1 is 1.04 bits per heavy atom. The smallest absolute Gasteiger partial charge is 0.406 e. The summed E-state index contributed by atoms with van der Waals surface area (Å²) in [5, 5.41) is 2.95. The average Bonchev–Trinajstić information content (AvgIpc) is 2.45. The van der Waals surface area contributed by atoms with Gasteiger partial charge in [-0.3, -0.25) is 4.90 Å². The highest BCUT2D eigenvalue weighted by Gasteiger charge is 2.38. The van der Waals surface area contributed by atoms with Crippen LogP contribution < -0.4 is 10.1 Å². The molecule has 26 heavy (non-hydrogen) atoms. The van der Waals surface area contributed by atoms with Gasteiger partial charge in [-0.05, 0) is 18.2 Å². The number of rotatable bonds is 4. The topological polar surface area (TPSA) is 24.5 Å². The second kappa shape index (κ2) is 9.82. The molecule has 1 aliphatic heterocycles. The number of nitrogens with one attached hydrogen (secondary N) is 1. The van der Waals surface area contributed by atoms with E-state index >= 15 is 0 Å². The molecule has 1 N–H and O–H groups in total. The van der Waals surface area contributed by atoms with Crippen LogP contribution in [-0.2, 0) is 0 Å². The van der Waals surface area contributed by atoms with E-state index in [1.54, 1.807) is 0 Å². The number of ether oxygens (including phenoxy) is 1. The zero-order valence-electron chi connectivity index (χ0n) is 13.2. The molecule has 0 aliphatic carbocycles.